The van der Waals surface area contributed by atoms with E-state index in [2.05, 4.69) is 0 Å². The van der Waals surface area contributed by atoms with E-state index in [1.54, 1.807) is 26.0 Å². The van der Waals surface area contributed by atoms with Crippen molar-refractivity contribution < 1.29 is 32.2 Å². The highest BCUT2D eigenvalue weighted by Crippen LogP contribution is 2.34. The minimum atomic E-state index is -3.90. The Morgan fingerprint density at radius 3 is 2.57 bits per heavy atom. The number of para-hydroxylation sites is 1. The van der Waals surface area contributed by atoms with Gasteiger partial charge < -0.3 is 14.2 Å². The molecule has 0 N–H and O–H groups in total. The number of ether oxygens (including phenoxy) is 3. The van der Waals surface area contributed by atoms with Crippen LogP contribution in [0.15, 0.2) is 47.4 Å². The Balaban J connectivity index is 1.87. The van der Waals surface area contributed by atoms with Crippen molar-refractivity contribution in [2.24, 2.45) is 0 Å². The van der Waals surface area contributed by atoms with Gasteiger partial charge in [0, 0.05) is 6.54 Å². The maximum Gasteiger partial charge on any atom is 0.344 e. The van der Waals surface area contributed by atoms with Gasteiger partial charge >= 0.3 is 11.9 Å². The maximum absolute atomic E-state index is 13.2. The van der Waals surface area contributed by atoms with Gasteiger partial charge in [-0.05, 0) is 50.1 Å². The molecule has 0 spiro atoms. The summed E-state index contributed by atoms with van der Waals surface area (Å²) in [5, 5.41) is 0. The normalized spacial score (nSPS) is 13.1. The second-order valence-electron chi connectivity index (χ2n) is 6.93. The van der Waals surface area contributed by atoms with Crippen LogP contribution in [0.3, 0.4) is 0 Å². The number of fused-ring (bicyclic) bond motifs is 1. The molecule has 8 nitrogen and oxygen atoms in total. The molecule has 2 aromatic carbocycles. The van der Waals surface area contributed by atoms with Crippen LogP contribution in [-0.4, -0.2) is 46.7 Å². The van der Waals surface area contributed by atoms with Gasteiger partial charge in [-0.2, -0.15) is 0 Å². The SMILES string of the molecule is COc1ccc(S(=O)(=O)N2CCc3ccccc32)cc1C(=O)OCC(=O)OC(C)C. The average molecular weight is 433 g/mol. The number of sulfonamides is 1. The van der Waals surface area contributed by atoms with Crippen LogP contribution in [0.5, 0.6) is 5.75 Å². The highest BCUT2D eigenvalue weighted by molar-refractivity contribution is 7.92. The predicted octanol–water partition coefficient (Wildman–Crippen LogP) is 2.56. The zero-order chi connectivity index (χ0) is 21.9. The van der Waals surface area contributed by atoms with Gasteiger partial charge in [0.15, 0.2) is 6.61 Å². The fraction of sp³-hybridized carbons (Fsp3) is 0.333. The van der Waals surface area contributed by atoms with Crippen LogP contribution < -0.4 is 9.04 Å². The zero-order valence-electron chi connectivity index (χ0n) is 17.0. The van der Waals surface area contributed by atoms with Crippen molar-refractivity contribution in [2.45, 2.75) is 31.3 Å². The maximum atomic E-state index is 13.2. The van der Waals surface area contributed by atoms with Crippen LogP contribution >= 0.6 is 0 Å². The Hall–Kier alpha value is -3.07. The van der Waals surface area contributed by atoms with E-state index in [0.717, 1.165) is 5.56 Å². The lowest BCUT2D eigenvalue weighted by Gasteiger charge is -2.20. The summed E-state index contributed by atoms with van der Waals surface area (Å²) in [6.45, 7) is 3.08. The van der Waals surface area contributed by atoms with Crippen LogP contribution in [0, 0.1) is 0 Å². The molecule has 9 heteroatoms. The van der Waals surface area contributed by atoms with Gasteiger partial charge in [0.25, 0.3) is 10.0 Å². The molecule has 160 valence electrons. The smallest absolute Gasteiger partial charge is 0.344 e. The summed E-state index contributed by atoms with van der Waals surface area (Å²) in [4.78, 5) is 24.1. The first-order valence-electron chi connectivity index (χ1n) is 9.39. The highest BCUT2D eigenvalue weighted by Gasteiger charge is 2.32. The largest absolute Gasteiger partial charge is 0.496 e. The molecule has 1 aliphatic rings. The third-order valence-corrected chi connectivity index (χ3v) is 6.32. The topological polar surface area (TPSA) is 99.2 Å². The molecule has 0 radical (unpaired) electrons. The fourth-order valence-corrected chi connectivity index (χ4v) is 4.72. The lowest BCUT2D eigenvalue weighted by atomic mass is 10.2. The molecule has 1 aliphatic heterocycles. The second-order valence-corrected chi connectivity index (χ2v) is 8.80. The Kier molecular flexibility index (Phi) is 6.31. The number of methoxy groups -OCH3 is 1. The molecule has 0 amide bonds. The second kappa shape index (κ2) is 8.74. The molecule has 0 bridgehead atoms. The summed E-state index contributed by atoms with van der Waals surface area (Å²) < 4.78 is 42.8. The third-order valence-electron chi connectivity index (χ3n) is 4.51. The summed E-state index contributed by atoms with van der Waals surface area (Å²) in [6.07, 6.45) is 0.265. The molecule has 0 fully saturated rings. The molecule has 0 atom stereocenters. The number of anilines is 1. The van der Waals surface area contributed by atoms with Crippen LogP contribution in [0.2, 0.25) is 0 Å². The molecule has 0 saturated heterocycles. The van der Waals surface area contributed by atoms with Crippen molar-refractivity contribution in [1.82, 2.24) is 0 Å². The molecule has 1 heterocycles. The number of hydrogen-bond donors (Lipinski definition) is 0. The van der Waals surface area contributed by atoms with Crippen molar-refractivity contribution in [3.8, 4) is 5.75 Å². The van der Waals surface area contributed by atoms with Crippen molar-refractivity contribution >= 4 is 27.6 Å². The van der Waals surface area contributed by atoms with Crippen LogP contribution in [0.1, 0.15) is 29.8 Å². The zero-order valence-corrected chi connectivity index (χ0v) is 17.8. The summed E-state index contributed by atoms with van der Waals surface area (Å²) in [5.74, 6) is -1.45. The number of esters is 2. The first-order chi connectivity index (χ1) is 14.2. The monoisotopic (exact) mass is 433 g/mol. The van der Waals surface area contributed by atoms with Crippen molar-refractivity contribution in [1.29, 1.82) is 0 Å². The van der Waals surface area contributed by atoms with E-state index < -0.39 is 28.6 Å². The van der Waals surface area contributed by atoms with Gasteiger partial charge in [0.05, 0.1) is 23.8 Å². The highest BCUT2D eigenvalue weighted by atomic mass is 32.2. The van der Waals surface area contributed by atoms with Gasteiger partial charge in [-0.15, -0.1) is 0 Å². The Morgan fingerprint density at radius 2 is 1.87 bits per heavy atom. The van der Waals surface area contributed by atoms with E-state index >= 15 is 0 Å². The van der Waals surface area contributed by atoms with E-state index in [9.17, 15) is 18.0 Å². The number of carbonyl (C=O) groups excluding carboxylic acids is 2. The summed E-state index contributed by atoms with van der Waals surface area (Å²) in [6, 6.07) is 11.2. The molecule has 2 aromatic rings. The Morgan fingerprint density at radius 1 is 1.13 bits per heavy atom. The van der Waals surface area contributed by atoms with E-state index in [0.29, 0.717) is 18.7 Å². The molecule has 0 saturated carbocycles. The first kappa shape index (κ1) is 21.6. The van der Waals surface area contributed by atoms with Gasteiger partial charge in [-0.25, -0.2) is 18.0 Å². The van der Waals surface area contributed by atoms with Crippen molar-refractivity contribution in [3.63, 3.8) is 0 Å². The van der Waals surface area contributed by atoms with E-state index in [1.807, 2.05) is 12.1 Å². The molecule has 0 aliphatic carbocycles. The van der Waals surface area contributed by atoms with Crippen LogP contribution in [-0.2, 0) is 30.7 Å². The van der Waals surface area contributed by atoms with Crippen LogP contribution in [0.25, 0.3) is 0 Å². The molecular formula is C21H23NO7S. The average Bonchev–Trinajstić information content (AvgIpc) is 3.16. The van der Waals surface area contributed by atoms with Gasteiger partial charge in [0.1, 0.15) is 11.3 Å². The minimum Gasteiger partial charge on any atom is -0.496 e. The Bertz CT molecular complexity index is 1060. The van der Waals surface area contributed by atoms with Crippen LogP contribution in [0.4, 0.5) is 5.69 Å². The van der Waals surface area contributed by atoms with Crippen molar-refractivity contribution in [3.05, 3.63) is 53.6 Å². The van der Waals surface area contributed by atoms with Gasteiger partial charge in [-0.1, -0.05) is 18.2 Å². The number of carbonyl (C=O) groups is 2. The molecule has 0 unspecified atom stereocenters. The predicted molar refractivity (Wildman–Crippen MR) is 109 cm³/mol. The first-order valence-corrected chi connectivity index (χ1v) is 10.8. The standard InChI is InChI=1S/C21H23NO7S/c1-14(2)29-20(23)13-28-21(24)17-12-16(8-9-19(17)27-3)30(25,26)22-11-10-15-6-4-5-7-18(15)22/h4-9,12,14H,10-11,13H2,1-3H3. The Labute approximate surface area is 175 Å². The number of benzene rings is 2. The third kappa shape index (κ3) is 4.40. The molecule has 0 aromatic heterocycles. The fourth-order valence-electron chi connectivity index (χ4n) is 3.19. The van der Waals surface area contributed by atoms with Gasteiger partial charge in [0.2, 0.25) is 0 Å². The summed E-state index contributed by atoms with van der Waals surface area (Å²) in [5.41, 5.74) is 1.47. The molecular weight excluding hydrogens is 410 g/mol. The lowest BCUT2D eigenvalue weighted by molar-refractivity contribution is -0.150. The minimum absolute atomic E-state index is 0.0725. The quantitative estimate of drug-likeness (QED) is 0.619. The van der Waals surface area contributed by atoms with E-state index in [1.165, 1.54) is 29.6 Å². The number of rotatable bonds is 7. The van der Waals surface area contributed by atoms with E-state index in [-0.39, 0.29) is 22.3 Å². The molecule has 30 heavy (non-hydrogen) atoms. The summed E-state index contributed by atoms with van der Waals surface area (Å²) in [7, 11) is -2.55. The molecule has 3 rings (SSSR count). The lowest BCUT2D eigenvalue weighted by Crippen LogP contribution is -2.29. The summed E-state index contributed by atoms with van der Waals surface area (Å²) >= 11 is 0. The number of nitrogens with zero attached hydrogens (tertiary/aromatic N) is 1. The van der Waals surface area contributed by atoms with E-state index in [4.69, 9.17) is 14.2 Å². The van der Waals surface area contributed by atoms with Gasteiger partial charge in [-0.3, -0.25) is 4.31 Å². The van der Waals surface area contributed by atoms with Crippen molar-refractivity contribution in [2.75, 3.05) is 24.6 Å². The number of hydrogen-bond acceptors (Lipinski definition) is 7.